The molecule has 0 radical (unpaired) electrons. The van der Waals surface area contributed by atoms with Gasteiger partial charge < -0.3 is 11.1 Å². The third-order valence-electron chi connectivity index (χ3n) is 2.44. The van der Waals surface area contributed by atoms with E-state index in [4.69, 9.17) is 17.3 Å². The summed E-state index contributed by atoms with van der Waals surface area (Å²) in [5.41, 5.74) is 7.69. The molecule has 4 nitrogen and oxygen atoms in total. The smallest absolute Gasteiger partial charge is 0.257 e. The van der Waals surface area contributed by atoms with Gasteiger partial charge in [-0.3, -0.25) is 4.79 Å². The highest BCUT2D eigenvalue weighted by Gasteiger charge is 2.06. The number of amides is 1. The van der Waals surface area contributed by atoms with E-state index < -0.39 is 0 Å². The highest BCUT2D eigenvalue weighted by atomic mass is 35.5. The highest BCUT2D eigenvalue weighted by Crippen LogP contribution is 2.11. The summed E-state index contributed by atoms with van der Waals surface area (Å²) in [7, 11) is 0. The normalized spacial score (nSPS) is 10.1. The molecule has 0 aliphatic heterocycles. The van der Waals surface area contributed by atoms with E-state index in [0.717, 1.165) is 5.56 Å². The Kier molecular flexibility index (Phi) is 3.92. The van der Waals surface area contributed by atoms with Gasteiger partial charge in [0.1, 0.15) is 5.15 Å². The first-order valence-electron chi connectivity index (χ1n) is 5.41. The van der Waals surface area contributed by atoms with Gasteiger partial charge in [0.2, 0.25) is 0 Å². The Balaban J connectivity index is 2.08. The number of nitrogens with two attached hydrogens (primary N) is 1. The summed E-state index contributed by atoms with van der Waals surface area (Å²) in [4.78, 5) is 15.7. The summed E-state index contributed by atoms with van der Waals surface area (Å²) in [6.45, 7) is 0.481. The lowest BCUT2D eigenvalue weighted by atomic mass is 10.2. The summed E-state index contributed by atoms with van der Waals surface area (Å²) < 4.78 is 0. The van der Waals surface area contributed by atoms with E-state index in [1.54, 1.807) is 12.1 Å². The lowest BCUT2D eigenvalue weighted by Gasteiger charge is -2.05. The van der Waals surface area contributed by atoms with E-state index >= 15 is 0 Å². The van der Waals surface area contributed by atoms with Crippen LogP contribution in [0, 0.1) is 0 Å². The van der Waals surface area contributed by atoms with Crippen molar-refractivity contribution in [2.24, 2.45) is 5.73 Å². The SMILES string of the molecule is NCc1ccc(NC(=O)c2ccc(Cl)nc2)cc1. The number of carbonyl (C=O) groups excluding carboxylic acids is 1. The summed E-state index contributed by atoms with van der Waals surface area (Å²) in [6, 6.07) is 10.6. The lowest BCUT2D eigenvalue weighted by molar-refractivity contribution is 0.102. The van der Waals surface area contributed by atoms with Crippen LogP contribution in [0.25, 0.3) is 0 Å². The minimum absolute atomic E-state index is 0.223. The number of aromatic nitrogens is 1. The van der Waals surface area contributed by atoms with Gasteiger partial charge in [-0.25, -0.2) is 4.98 Å². The molecule has 1 heterocycles. The molecular weight excluding hydrogens is 250 g/mol. The second-order valence-electron chi connectivity index (χ2n) is 3.72. The van der Waals surface area contributed by atoms with Gasteiger partial charge in [-0.2, -0.15) is 0 Å². The Morgan fingerprint density at radius 1 is 1.22 bits per heavy atom. The van der Waals surface area contributed by atoms with Crippen molar-refractivity contribution in [3.63, 3.8) is 0 Å². The van der Waals surface area contributed by atoms with Crippen LogP contribution in [0.2, 0.25) is 5.15 Å². The van der Waals surface area contributed by atoms with E-state index in [1.165, 1.54) is 6.20 Å². The van der Waals surface area contributed by atoms with Gasteiger partial charge in [-0.05, 0) is 29.8 Å². The Labute approximate surface area is 110 Å². The molecule has 0 atom stereocenters. The van der Waals surface area contributed by atoms with E-state index in [-0.39, 0.29) is 5.91 Å². The molecule has 2 rings (SSSR count). The highest BCUT2D eigenvalue weighted by molar-refractivity contribution is 6.29. The number of rotatable bonds is 3. The Morgan fingerprint density at radius 2 is 1.94 bits per heavy atom. The van der Waals surface area contributed by atoms with Gasteiger partial charge in [0.15, 0.2) is 0 Å². The molecule has 3 N–H and O–H groups in total. The molecule has 0 bridgehead atoms. The molecule has 92 valence electrons. The second-order valence-corrected chi connectivity index (χ2v) is 4.11. The Morgan fingerprint density at radius 3 is 2.50 bits per heavy atom. The van der Waals surface area contributed by atoms with Crippen LogP contribution in [-0.2, 0) is 6.54 Å². The van der Waals surface area contributed by atoms with Crippen molar-refractivity contribution in [3.8, 4) is 0 Å². The van der Waals surface area contributed by atoms with Crippen molar-refractivity contribution in [1.29, 1.82) is 0 Å². The minimum atomic E-state index is -0.223. The van der Waals surface area contributed by atoms with Crippen molar-refractivity contribution < 1.29 is 4.79 Å². The van der Waals surface area contributed by atoms with Crippen LogP contribution in [0.3, 0.4) is 0 Å². The molecular formula is C13H12ClN3O. The van der Waals surface area contributed by atoms with Crippen LogP contribution in [0.15, 0.2) is 42.6 Å². The molecule has 0 aliphatic carbocycles. The molecule has 5 heteroatoms. The maximum Gasteiger partial charge on any atom is 0.257 e. The average Bonchev–Trinajstić information content (AvgIpc) is 2.40. The van der Waals surface area contributed by atoms with Gasteiger partial charge in [0.25, 0.3) is 5.91 Å². The van der Waals surface area contributed by atoms with Crippen LogP contribution in [0.1, 0.15) is 15.9 Å². The molecule has 0 aliphatic rings. The first kappa shape index (κ1) is 12.5. The first-order chi connectivity index (χ1) is 8.69. The van der Waals surface area contributed by atoms with Gasteiger partial charge in [0.05, 0.1) is 5.56 Å². The molecule has 1 amide bonds. The monoisotopic (exact) mass is 261 g/mol. The number of benzene rings is 1. The number of pyridine rings is 1. The summed E-state index contributed by atoms with van der Waals surface area (Å²) >= 11 is 5.66. The van der Waals surface area contributed by atoms with E-state index in [2.05, 4.69) is 10.3 Å². The zero-order valence-electron chi connectivity index (χ0n) is 9.56. The second kappa shape index (κ2) is 5.62. The fourth-order valence-electron chi connectivity index (χ4n) is 1.44. The van der Waals surface area contributed by atoms with Gasteiger partial charge in [0, 0.05) is 18.4 Å². The summed E-state index contributed by atoms with van der Waals surface area (Å²) in [5.74, 6) is -0.223. The van der Waals surface area contributed by atoms with E-state index in [1.807, 2.05) is 24.3 Å². The fraction of sp³-hybridized carbons (Fsp3) is 0.0769. The Hall–Kier alpha value is -1.91. The Bertz CT molecular complexity index is 537. The predicted octanol–water partition coefficient (Wildman–Crippen LogP) is 2.45. The number of anilines is 1. The third kappa shape index (κ3) is 3.06. The fourth-order valence-corrected chi connectivity index (χ4v) is 1.55. The zero-order chi connectivity index (χ0) is 13.0. The van der Waals surface area contributed by atoms with Crippen LogP contribution in [-0.4, -0.2) is 10.9 Å². The average molecular weight is 262 g/mol. The largest absolute Gasteiger partial charge is 0.326 e. The predicted molar refractivity (Wildman–Crippen MR) is 71.5 cm³/mol. The number of hydrogen-bond acceptors (Lipinski definition) is 3. The molecule has 2 aromatic rings. The van der Waals surface area contributed by atoms with Crippen LogP contribution >= 0.6 is 11.6 Å². The molecule has 18 heavy (non-hydrogen) atoms. The summed E-state index contributed by atoms with van der Waals surface area (Å²) in [5, 5.41) is 3.13. The molecule has 0 fully saturated rings. The van der Waals surface area contributed by atoms with Crippen molar-refractivity contribution >= 4 is 23.2 Å². The minimum Gasteiger partial charge on any atom is -0.326 e. The molecule has 0 spiro atoms. The quantitative estimate of drug-likeness (QED) is 0.834. The summed E-state index contributed by atoms with van der Waals surface area (Å²) in [6.07, 6.45) is 1.44. The van der Waals surface area contributed by atoms with Crippen molar-refractivity contribution in [2.75, 3.05) is 5.32 Å². The lowest BCUT2D eigenvalue weighted by Crippen LogP contribution is -2.12. The number of halogens is 1. The molecule has 1 aromatic carbocycles. The third-order valence-corrected chi connectivity index (χ3v) is 2.66. The van der Waals surface area contributed by atoms with E-state index in [0.29, 0.717) is 22.9 Å². The zero-order valence-corrected chi connectivity index (χ0v) is 10.3. The van der Waals surface area contributed by atoms with E-state index in [9.17, 15) is 4.79 Å². The molecule has 1 aromatic heterocycles. The van der Waals surface area contributed by atoms with Crippen molar-refractivity contribution in [2.45, 2.75) is 6.54 Å². The molecule has 0 saturated heterocycles. The van der Waals surface area contributed by atoms with Gasteiger partial charge in [-0.15, -0.1) is 0 Å². The van der Waals surface area contributed by atoms with Crippen molar-refractivity contribution in [1.82, 2.24) is 4.98 Å². The number of hydrogen-bond donors (Lipinski definition) is 2. The van der Waals surface area contributed by atoms with Crippen LogP contribution < -0.4 is 11.1 Å². The van der Waals surface area contributed by atoms with Gasteiger partial charge in [-0.1, -0.05) is 23.7 Å². The topological polar surface area (TPSA) is 68.0 Å². The number of carbonyl (C=O) groups is 1. The van der Waals surface area contributed by atoms with Crippen LogP contribution in [0.5, 0.6) is 0 Å². The number of nitrogens with zero attached hydrogens (tertiary/aromatic N) is 1. The molecule has 0 unspecified atom stereocenters. The van der Waals surface area contributed by atoms with Crippen LogP contribution in [0.4, 0.5) is 5.69 Å². The standard InChI is InChI=1S/C13H12ClN3O/c14-12-6-3-10(8-16-12)13(18)17-11-4-1-9(7-15)2-5-11/h1-6,8H,7,15H2,(H,17,18). The first-order valence-corrected chi connectivity index (χ1v) is 5.79. The van der Waals surface area contributed by atoms with Gasteiger partial charge >= 0.3 is 0 Å². The molecule has 0 saturated carbocycles. The van der Waals surface area contributed by atoms with Crippen molar-refractivity contribution in [3.05, 3.63) is 58.9 Å². The maximum absolute atomic E-state index is 11.9. The maximum atomic E-state index is 11.9. The number of nitrogens with one attached hydrogen (secondary N) is 1.